The first kappa shape index (κ1) is 12.4. The van der Waals surface area contributed by atoms with E-state index >= 15 is 0 Å². The number of aryl methyl sites for hydroxylation is 2. The standard InChI is InChI=1S/C14H18N4/c1-4-15-14-16-9-11(3)13(18-14)17-12-7-5-6-10(2)8-12/h5-9H,4H2,1-3H3,(H2,15,16,17,18). The highest BCUT2D eigenvalue weighted by Crippen LogP contribution is 2.19. The van der Waals surface area contributed by atoms with Crippen molar-refractivity contribution in [2.75, 3.05) is 17.2 Å². The molecule has 1 aromatic heterocycles. The second-order valence-electron chi connectivity index (χ2n) is 4.25. The molecule has 0 fully saturated rings. The fourth-order valence-electron chi connectivity index (χ4n) is 1.67. The van der Waals surface area contributed by atoms with Crippen LogP contribution in [0.1, 0.15) is 18.1 Å². The van der Waals surface area contributed by atoms with Crippen LogP contribution >= 0.6 is 0 Å². The van der Waals surface area contributed by atoms with Crippen LogP contribution in [0.15, 0.2) is 30.5 Å². The summed E-state index contributed by atoms with van der Waals surface area (Å²) in [5, 5.41) is 6.43. The molecule has 94 valence electrons. The van der Waals surface area contributed by atoms with E-state index in [0.717, 1.165) is 23.6 Å². The lowest BCUT2D eigenvalue weighted by Gasteiger charge is -2.10. The third kappa shape index (κ3) is 2.97. The van der Waals surface area contributed by atoms with Gasteiger partial charge in [-0.25, -0.2) is 4.98 Å². The second kappa shape index (κ2) is 5.49. The monoisotopic (exact) mass is 242 g/mol. The fourth-order valence-corrected chi connectivity index (χ4v) is 1.67. The van der Waals surface area contributed by atoms with Crippen LogP contribution in [0.3, 0.4) is 0 Å². The molecule has 2 aromatic rings. The van der Waals surface area contributed by atoms with Crippen LogP contribution in [0, 0.1) is 13.8 Å². The molecule has 4 heteroatoms. The van der Waals surface area contributed by atoms with Gasteiger partial charge in [-0.05, 0) is 38.5 Å². The maximum atomic E-state index is 4.45. The molecule has 2 rings (SSSR count). The zero-order valence-corrected chi connectivity index (χ0v) is 11.0. The van der Waals surface area contributed by atoms with Crippen molar-refractivity contribution in [3.8, 4) is 0 Å². The molecule has 0 saturated heterocycles. The molecule has 0 aliphatic rings. The molecule has 2 N–H and O–H groups in total. The Hall–Kier alpha value is -2.10. The molecule has 0 spiro atoms. The first-order valence-corrected chi connectivity index (χ1v) is 6.10. The highest BCUT2D eigenvalue weighted by molar-refractivity contribution is 5.60. The number of rotatable bonds is 4. The summed E-state index contributed by atoms with van der Waals surface area (Å²) < 4.78 is 0. The van der Waals surface area contributed by atoms with Crippen molar-refractivity contribution >= 4 is 17.5 Å². The molecule has 18 heavy (non-hydrogen) atoms. The highest BCUT2D eigenvalue weighted by Gasteiger charge is 2.03. The van der Waals surface area contributed by atoms with Crippen molar-refractivity contribution in [3.05, 3.63) is 41.6 Å². The lowest BCUT2D eigenvalue weighted by molar-refractivity contribution is 1.07. The molecule has 1 heterocycles. The molecular formula is C14H18N4. The van der Waals surface area contributed by atoms with Gasteiger partial charge in [-0.1, -0.05) is 12.1 Å². The Balaban J connectivity index is 2.25. The van der Waals surface area contributed by atoms with Gasteiger partial charge in [-0.3, -0.25) is 0 Å². The van der Waals surface area contributed by atoms with Gasteiger partial charge in [-0.2, -0.15) is 4.98 Å². The Morgan fingerprint density at radius 3 is 2.78 bits per heavy atom. The smallest absolute Gasteiger partial charge is 0.224 e. The number of aromatic nitrogens is 2. The topological polar surface area (TPSA) is 49.8 Å². The molecule has 1 aromatic carbocycles. The Morgan fingerprint density at radius 1 is 1.22 bits per heavy atom. The minimum atomic E-state index is 0.651. The first-order chi connectivity index (χ1) is 8.69. The zero-order valence-electron chi connectivity index (χ0n) is 11.0. The molecule has 0 saturated carbocycles. The molecule has 0 bridgehead atoms. The van der Waals surface area contributed by atoms with E-state index in [1.165, 1.54) is 5.56 Å². The minimum absolute atomic E-state index is 0.651. The van der Waals surface area contributed by atoms with Crippen LogP contribution in [0.5, 0.6) is 0 Å². The SMILES string of the molecule is CCNc1ncc(C)c(Nc2cccc(C)c2)n1. The molecule has 0 aliphatic carbocycles. The van der Waals surface area contributed by atoms with Gasteiger partial charge in [0.1, 0.15) is 5.82 Å². The van der Waals surface area contributed by atoms with E-state index < -0.39 is 0 Å². The number of benzene rings is 1. The van der Waals surface area contributed by atoms with Crippen LogP contribution in [-0.2, 0) is 0 Å². The van der Waals surface area contributed by atoms with Gasteiger partial charge < -0.3 is 10.6 Å². The Bertz CT molecular complexity index is 537. The van der Waals surface area contributed by atoms with Crippen molar-refractivity contribution in [1.29, 1.82) is 0 Å². The van der Waals surface area contributed by atoms with Crippen molar-refractivity contribution < 1.29 is 0 Å². The molecule has 0 atom stereocenters. The molecule has 4 nitrogen and oxygen atoms in total. The van der Waals surface area contributed by atoms with E-state index in [4.69, 9.17) is 0 Å². The van der Waals surface area contributed by atoms with Gasteiger partial charge >= 0.3 is 0 Å². The molecule has 0 unspecified atom stereocenters. The average Bonchev–Trinajstić information content (AvgIpc) is 2.34. The van der Waals surface area contributed by atoms with E-state index in [2.05, 4.69) is 39.7 Å². The van der Waals surface area contributed by atoms with Crippen molar-refractivity contribution in [3.63, 3.8) is 0 Å². The molecule has 0 aliphatic heterocycles. The lowest BCUT2D eigenvalue weighted by atomic mass is 10.2. The summed E-state index contributed by atoms with van der Waals surface area (Å²) in [5.74, 6) is 1.49. The van der Waals surface area contributed by atoms with Crippen molar-refractivity contribution in [2.45, 2.75) is 20.8 Å². The number of nitrogens with zero attached hydrogens (tertiary/aromatic N) is 2. The highest BCUT2D eigenvalue weighted by atomic mass is 15.1. The quantitative estimate of drug-likeness (QED) is 0.864. The normalized spacial score (nSPS) is 10.2. The molecule has 0 amide bonds. The van der Waals surface area contributed by atoms with Crippen LogP contribution in [-0.4, -0.2) is 16.5 Å². The molecule has 0 radical (unpaired) electrons. The lowest BCUT2D eigenvalue weighted by Crippen LogP contribution is -2.05. The third-order valence-electron chi connectivity index (χ3n) is 2.59. The average molecular weight is 242 g/mol. The van der Waals surface area contributed by atoms with E-state index in [1.54, 1.807) is 0 Å². The van der Waals surface area contributed by atoms with Crippen LogP contribution in [0.4, 0.5) is 17.5 Å². The van der Waals surface area contributed by atoms with Crippen LogP contribution < -0.4 is 10.6 Å². The summed E-state index contributed by atoms with van der Waals surface area (Å²) in [7, 11) is 0. The number of nitrogens with one attached hydrogen (secondary N) is 2. The fraction of sp³-hybridized carbons (Fsp3) is 0.286. The predicted molar refractivity (Wildman–Crippen MR) is 75.4 cm³/mol. The van der Waals surface area contributed by atoms with Gasteiger partial charge in [0.05, 0.1) is 0 Å². The van der Waals surface area contributed by atoms with Gasteiger partial charge in [0, 0.05) is 24.0 Å². The number of hydrogen-bond donors (Lipinski definition) is 2. The first-order valence-electron chi connectivity index (χ1n) is 6.10. The van der Waals surface area contributed by atoms with Crippen molar-refractivity contribution in [1.82, 2.24) is 9.97 Å². The summed E-state index contributed by atoms with van der Waals surface area (Å²) in [6, 6.07) is 8.22. The van der Waals surface area contributed by atoms with Gasteiger partial charge in [0.25, 0.3) is 0 Å². The van der Waals surface area contributed by atoms with E-state index in [-0.39, 0.29) is 0 Å². The van der Waals surface area contributed by atoms with E-state index in [1.807, 2.05) is 32.2 Å². The van der Waals surface area contributed by atoms with Gasteiger partial charge in [0.15, 0.2) is 0 Å². The van der Waals surface area contributed by atoms with Crippen molar-refractivity contribution in [2.24, 2.45) is 0 Å². The van der Waals surface area contributed by atoms with Gasteiger partial charge in [-0.15, -0.1) is 0 Å². The summed E-state index contributed by atoms with van der Waals surface area (Å²) in [6.07, 6.45) is 1.82. The van der Waals surface area contributed by atoms with E-state index in [9.17, 15) is 0 Å². The summed E-state index contributed by atoms with van der Waals surface area (Å²) >= 11 is 0. The Morgan fingerprint density at radius 2 is 2.06 bits per heavy atom. The summed E-state index contributed by atoms with van der Waals surface area (Å²) in [5.41, 5.74) is 3.29. The number of hydrogen-bond acceptors (Lipinski definition) is 4. The summed E-state index contributed by atoms with van der Waals surface area (Å²) in [4.78, 5) is 8.68. The maximum Gasteiger partial charge on any atom is 0.224 e. The molecular weight excluding hydrogens is 224 g/mol. The number of anilines is 3. The maximum absolute atomic E-state index is 4.45. The van der Waals surface area contributed by atoms with Gasteiger partial charge in [0.2, 0.25) is 5.95 Å². The van der Waals surface area contributed by atoms with E-state index in [0.29, 0.717) is 5.95 Å². The second-order valence-corrected chi connectivity index (χ2v) is 4.25. The largest absolute Gasteiger partial charge is 0.354 e. The summed E-state index contributed by atoms with van der Waals surface area (Å²) in [6.45, 7) is 6.90. The Labute approximate surface area is 107 Å². The minimum Gasteiger partial charge on any atom is -0.354 e. The van der Waals surface area contributed by atoms with Crippen LogP contribution in [0.2, 0.25) is 0 Å². The van der Waals surface area contributed by atoms with Crippen LogP contribution in [0.25, 0.3) is 0 Å². The predicted octanol–water partition coefficient (Wildman–Crippen LogP) is 3.27. The Kier molecular flexibility index (Phi) is 3.77. The zero-order chi connectivity index (χ0) is 13.0. The third-order valence-corrected chi connectivity index (χ3v) is 2.59.